The van der Waals surface area contributed by atoms with Crippen LogP contribution in [0.5, 0.6) is 0 Å². The number of aliphatic hydroxyl groups excluding tert-OH is 1. The van der Waals surface area contributed by atoms with E-state index in [1.807, 2.05) is 12.3 Å². The number of nitrogens with zero attached hydrogens (tertiary/aromatic N) is 2. The van der Waals surface area contributed by atoms with Crippen LogP contribution in [0, 0.1) is 5.92 Å². The molecule has 6 nitrogen and oxygen atoms in total. The highest BCUT2D eigenvalue weighted by molar-refractivity contribution is 6.04. The van der Waals surface area contributed by atoms with E-state index >= 15 is 0 Å². The van der Waals surface area contributed by atoms with Gasteiger partial charge in [-0.25, -0.2) is 0 Å². The number of nitrogens with one attached hydrogen (secondary N) is 1. The monoisotopic (exact) mass is 430 g/mol. The Morgan fingerprint density at radius 1 is 1.22 bits per heavy atom. The Kier molecular flexibility index (Phi) is 5.57. The van der Waals surface area contributed by atoms with E-state index < -0.39 is 0 Å². The number of amidine groups is 1. The average Bonchev–Trinajstić information content (AvgIpc) is 3.20. The van der Waals surface area contributed by atoms with E-state index in [4.69, 9.17) is 15.8 Å². The van der Waals surface area contributed by atoms with Crippen molar-refractivity contribution in [3.63, 3.8) is 0 Å². The summed E-state index contributed by atoms with van der Waals surface area (Å²) in [5.41, 5.74) is 9.30. The minimum atomic E-state index is -0.186. The zero-order valence-corrected chi connectivity index (χ0v) is 18.2. The van der Waals surface area contributed by atoms with Crippen LogP contribution in [0.15, 0.2) is 77.5 Å². The van der Waals surface area contributed by atoms with Crippen molar-refractivity contribution >= 4 is 11.7 Å². The number of carbonyl (C=O) groups is 1. The number of hydrogen-bond acceptors (Lipinski definition) is 5. The first-order valence-electron chi connectivity index (χ1n) is 11.5. The standard InChI is InChI=1S/C26H30N4O2/c27-26(13-4-14-26)21-10-7-18(8-11-21)23-24(19-5-2-1-3-6-19)30-17-20(9-12-22(30)29-23)25(32)28-15-16-31/h1-3,5,7-12,17,19,23-24,31H,4,6,13-16,27H2,(H,28,32). The molecule has 32 heavy (non-hydrogen) atoms. The van der Waals surface area contributed by atoms with Crippen LogP contribution in [-0.4, -0.2) is 40.9 Å². The number of carbonyl (C=O) groups excluding carboxylic acids is 1. The van der Waals surface area contributed by atoms with Gasteiger partial charge in [-0.15, -0.1) is 0 Å². The molecule has 6 heteroatoms. The number of rotatable bonds is 6. The molecule has 4 aliphatic rings. The quantitative estimate of drug-likeness (QED) is 0.647. The lowest BCUT2D eigenvalue weighted by molar-refractivity contribution is -0.117. The van der Waals surface area contributed by atoms with Gasteiger partial charge in [0, 0.05) is 24.2 Å². The van der Waals surface area contributed by atoms with Crippen molar-refractivity contribution in [3.8, 4) is 0 Å². The van der Waals surface area contributed by atoms with E-state index in [9.17, 15) is 4.79 Å². The van der Waals surface area contributed by atoms with Gasteiger partial charge in [0.05, 0.1) is 24.3 Å². The second kappa shape index (κ2) is 8.52. The molecular weight excluding hydrogens is 400 g/mol. The van der Waals surface area contributed by atoms with Crippen LogP contribution < -0.4 is 11.1 Å². The predicted molar refractivity (Wildman–Crippen MR) is 126 cm³/mol. The van der Waals surface area contributed by atoms with Crippen molar-refractivity contribution in [1.29, 1.82) is 0 Å². The lowest BCUT2D eigenvalue weighted by Gasteiger charge is -2.39. The minimum Gasteiger partial charge on any atom is -0.395 e. The third-order valence-corrected chi connectivity index (χ3v) is 7.06. The zero-order chi connectivity index (χ0) is 22.1. The summed E-state index contributed by atoms with van der Waals surface area (Å²) in [7, 11) is 0. The van der Waals surface area contributed by atoms with Crippen LogP contribution in [0.2, 0.25) is 0 Å². The molecule has 2 aliphatic carbocycles. The first-order valence-corrected chi connectivity index (χ1v) is 11.5. The summed E-state index contributed by atoms with van der Waals surface area (Å²) in [6.07, 6.45) is 18.5. The van der Waals surface area contributed by atoms with Crippen molar-refractivity contribution in [2.45, 2.75) is 43.3 Å². The molecule has 2 heterocycles. The van der Waals surface area contributed by atoms with Crippen molar-refractivity contribution < 1.29 is 9.90 Å². The Hall–Kier alpha value is -2.96. The third kappa shape index (κ3) is 3.74. The van der Waals surface area contributed by atoms with Crippen molar-refractivity contribution in [1.82, 2.24) is 10.2 Å². The van der Waals surface area contributed by atoms with E-state index in [1.54, 1.807) is 6.08 Å². The first-order chi connectivity index (χ1) is 15.6. The second-order valence-electron chi connectivity index (χ2n) is 9.07. The first kappa shape index (κ1) is 20.9. The van der Waals surface area contributed by atoms with Crippen LogP contribution in [0.1, 0.15) is 42.9 Å². The number of nitrogens with two attached hydrogens (primary N) is 1. The Balaban J connectivity index is 1.45. The summed E-state index contributed by atoms with van der Waals surface area (Å²) in [4.78, 5) is 19.7. The topological polar surface area (TPSA) is 90.9 Å². The molecular formula is C26H30N4O2. The number of hydrogen-bond donors (Lipinski definition) is 3. The van der Waals surface area contributed by atoms with E-state index in [0.717, 1.165) is 25.1 Å². The number of fused-ring (bicyclic) bond motifs is 1. The van der Waals surface area contributed by atoms with Gasteiger partial charge in [-0.2, -0.15) is 0 Å². The number of allylic oxidation sites excluding steroid dienone is 3. The van der Waals surface area contributed by atoms with Gasteiger partial charge in [0.2, 0.25) is 0 Å². The van der Waals surface area contributed by atoms with Gasteiger partial charge < -0.3 is 21.1 Å². The summed E-state index contributed by atoms with van der Waals surface area (Å²) < 4.78 is 0. The average molecular weight is 431 g/mol. The summed E-state index contributed by atoms with van der Waals surface area (Å²) >= 11 is 0. The number of amides is 1. The fourth-order valence-corrected chi connectivity index (χ4v) is 5.06. The van der Waals surface area contributed by atoms with Gasteiger partial charge in [0.15, 0.2) is 0 Å². The molecule has 1 aromatic carbocycles. The Morgan fingerprint density at radius 3 is 2.69 bits per heavy atom. The highest BCUT2D eigenvalue weighted by Gasteiger charge is 2.41. The highest BCUT2D eigenvalue weighted by Crippen LogP contribution is 2.42. The summed E-state index contributed by atoms with van der Waals surface area (Å²) in [6.45, 7) is 0.158. The van der Waals surface area contributed by atoms with Gasteiger partial charge in [-0.1, -0.05) is 48.6 Å². The predicted octanol–water partition coefficient (Wildman–Crippen LogP) is 2.84. The smallest absolute Gasteiger partial charge is 0.252 e. The van der Waals surface area contributed by atoms with E-state index in [2.05, 4.69) is 58.8 Å². The Bertz CT molecular complexity index is 1030. The summed E-state index contributed by atoms with van der Waals surface area (Å²) in [6, 6.07) is 8.73. The molecule has 1 saturated carbocycles. The second-order valence-corrected chi connectivity index (χ2v) is 9.07. The van der Waals surface area contributed by atoms with Gasteiger partial charge in [-0.3, -0.25) is 9.79 Å². The zero-order valence-electron chi connectivity index (χ0n) is 18.2. The molecule has 0 saturated heterocycles. The van der Waals surface area contributed by atoms with E-state index in [0.29, 0.717) is 5.57 Å². The molecule has 2 aliphatic heterocycles. The molecule has 1 fully saturated rings. The number of aliphatic imine (C=N–C) groups is 1. The van der Waals surface area contributed by atoms with E-state index in [1.165, 1.54) is 17.5 Å². The molecule has 0 bridgehead atoms. The largest absolute Gasteiger partial charge is 0.395 e. The van der Waals surface area contributed by atoms with Crippen molar-refractivity contribution in [2.75, 3.05) is 13.2 Å². The fourth-order valence-electron chi connectivity index (χ4n) is 5.06. The summed E-state index contributed by atoms with van der Waals surface area (Å²) in [5.74, 6) is 0.969. The molecule has 0 spiro atoms. The maximum Gasteiger partial charge on any atom is 0.252 e. The molecule has 1 amide bonds. The van der Waals surface area contributed by atoms with E-state index in [-0.39, 0.29) is 42.6 Å². The summed E-state index contributed by atoms with van der Waals surface area (Å²) in [5, 5.41) is 11.8. The van der Waals surface area contributed by atoms with Gasteiger partial charge in [0.1, 0.15) is 5.84 Å². The molecule has 3 atom stereocenters. The van der Waals surface area contributed by atoms with Crippen LogP contribution >= 0.6 is 0 Å². The number of aliphatic hydroxyl groups is 1. The van der Waals surface area contributed by atoms with Crippen LogP contribution in [0.3, 0.4) is 0 Å². The molecule has 166 valence electrons. The Labute approximate surface area is 188 Å². The molecule has 5 rings (SSSR count). The van der Waals surface area contributed by atoms with Crippen molar-refractivity contribution in [2.24, 2.45) is 16.6 Å². The highest BCUT2D eigenvalue weighted by atomic mass is 16.3. The SMILES string of the molecule is NC1(c2ccc(C3N=C4C=CC(C(=O)NCCO)=CN4C3C3C=CC=CC3)cc2)CCC1. The van der Waals surface area contributed by atoms with Crippen LogP contribution in [0.25, 0.3) is 0 Å². The van der Waals surface area contributed by atoms with Crippen LogP contribution in [0.4, 0.5) is 0 Å². The Morgan fingerprint density at radius 2 is 2.03 bits per heavy atom. The van der Waals surface area contributed by atoms with Gasteiger partial charge >= 0.3 is 0 Å². The van der Waals surface area contributed by atoms with Gasteiger partial charge in [-0.05, 0) is 49.0 Å². The lowest BCUT2D eigenvalue weighted by Crippen LogP contribution is -2.43. The third-order valence-electron chi connectivity index (χ3n) is 7.06. The van der Waals surface area contributed by atoms with Gasteiger partial charge in [0.25, 0.3) is 5.91 Å². The molecule has 1 aromatic rings. The fraction of sp³-hybridized carbons (Fsp3) is 0.385. The maximum absolute atomic E-state index is 12.5. The molecule has 0 radical (unpaired) electrons. The van der Waals surface area contributed by atoms with Crippen LogP contribution in [-0.2, 0) is 10.3 Å². The molecule has 0 aromatic heterocycles. The minimum absolute atomic E-state index is 0.0314. The lowest BCUT2D eigenvalue weighted by atomic mass is 9.72. The van der Waals surface area contributed by atoms with Crippen molar-refractivity contribution in [3.05, 3.63) is 83.6 Å². The number of benzene rings is 1. The normalized spacial score (nSPS) is 27.4. The molecule has 4 N–H and O–H groups in total. The molecule has 3 unspecified atom stereocenters. The maximum atomic E-state index is 12.5.